The van der Waals surface area contributed by atoms with Gasteiger partial charge in [-0.25, -0.2) is 0 Å². The van der Waals surface area contributed by atoms with Crippen LogP contribution >= 0.6 is 0 Å². The lowest BCUT2D eigenvalue weighted by molar-refractivity contribution is -0.137. The van der Waals surface area contributed by atoms with Crippen LogP contribution in [0.3, 0.4) is 0 Å². The molecule has 1 aromatic rings. The fraction of sp³-hybridized carbons (Fsp3) is 0.538. The van der Waals surface area contributed by atoms with Gasteiger partial charge in [-0.1, -0.05) is 6.07 Å². The number of rotatable bonds is 3. The molecule has 0 radical (unpaired) electrons. The highest BCUT2D eigenvalue weighted by Gasteiger charge is 2.36. The molecule has 3 N–H and O–H groups in total. The van der Waals surface area contributed by atoms with Gasteiger partial charge in [-0.15, -0.1) is 0 Å². The molecule has 106 valence electrons. The van der Waals surface area contributed by atoms with E-state index >= 15 is 0 Å². The summed E-state index contributed by atoms with van der Waals surface area (Å²) in [6.07, 6.45) is -3.68. The second kappa shape index (κ2) is 5.38. The number of alkyl halides is 3. The van der Waals surface area contributed by atoms with Crippen molar-refractivity contribution >= 4 is 5.69 Å². The van der Waals surface area contributed by atoms with Gasteiger partial charge in [0.15, 0.2) is 0 Å². The molecule has 2 rings (SSSR count). The number of benzene rings is 1. The number of aliphatic hydroxyl groups is 1. The van der Waals surface area contributed by atoms with E-state index in [-0.39, 0.29) is 24.8 Å². The largest absolute Gasteiger partial charge is 0.418 e. The van der Waals surface area contributed by atoms with Crippen LogP contribution in [0, 0.1) is 5.92 Å². The van der Waals surface area contributed by atoms with E-state index in [0.717, 1.165) is 6.07 Å². The number of aliphatic hydroxyl groups excluding tert-OH is 1. The molecule has 6 heteroatoms. The summed E-state index contributed by atoms with van der Waals surface area (Å²) in [5.74, 6) is 0.0512. The monoisotopic (exact) mass is 274 g/mol. The Hall–Kier alpha value is -1.27. The minimum Gasteiger partial charge on any atom is -0.396 e. The molecular weight excluding hydrogens is 257 g/mol. The Morgan fingerprint density at radius 3 is 2.63 bits per heavy atom. The highest BCUT2D eigenvalue weighted by molar-refractivity contribution is 5.57. The quantitative estimate of drug-likeness (QED) is 0.886. The minimum atomic E-state index is -4.39. The summed E-state index contributed by atoms with van der Waals surface area (Å²) in [4.78, 5) is 1.68. The van der Waals surface area contributed by atoms with Crippen molar-refractivity contribution in [2.24, 2.45) is 11.7 Å². The zero-order valence-corrected chi connectivity index (χ0v) is 10.5. The van der Waals surface area contributed by atoms with Crippen molar-refractivity contribution in [3.63, 3.8) is 0 Å². The van der Waals surface area contributed by atoms with Gasteiger partial charge in [0.1, 0.15) is 0 Å². The standard InChI is InChI=1S/C13H17F3N2O/c14-13(15,16)11-5-9(6-17)1-2-12(11)18-4-3-10(7-18)8-19/h1-2,5,10,19H,3-4,6-8,17H2. The Morgan fingerprint density at radius 2 is 2.11 bits per heavy atom. The van der Waals surface area contributed by atoms with Crippen LogP contribution in [-0.4, -0.2) is 24.8 Å². The summed E-state index contributed by atoms with van der Waals surface area (Å²) in [6, 6.07) is 4.21. The molecule has 0 spiro atoms. The molecule has 1 heterocycles. The van der Waals surface area contributed by atoms with Crippen LogP contribution in [0.5, 0.6) is 0 Å². The van der Waals surface area contributed by atoms with E-state index in [9.17, 15) is 13.2 Å². The van der Waals surface area contributed by atoms with E-state index in [1.54, 1.807) is 11.0 Å². The van der Waals surface area contributed by atoms with Gasteiger partial charge in [-0.2, -0.15) is 13.2 Å². The number of nitrogens with zero attached hydrogens (tertiary/aromatic N) is 1. The predicted octanol–water partition coefficient (Wildman–Crippen LogP) is 1.98. The van der Waals surface area contributed by atoms with E-state index < -0.39 is 11.7 Å². The molecule has 1 atom stereocenters. The van der Waals surface area contributed by atoms with Gasteiger partial charge in [0.25, 0.3) is 0 Å². The first kappa shape index (κ1) is 14.1. The Balaban J connectivity index is 2.34. The summed E-state index contributed by atoms with van der Waals surface area (Å²) in [5.41, 5.74) is 5.40. The Labute approximate surface area is 109 Å². The number of hydrogen-bond donors (Lipinski definition) is 2. The third-order valence-corrected chi connectivity index (χ3v) is 3.49. The molecule has 1 aliphatic heterocycles. The van der Waals surface area contributed by atoms with Crippen LogP contribution in [0.25, 0.3) is 0 Å². The van der Waals surface area contributed by atoms with Crippen molar-refractivity contribution < 1.29 is 18.3 Å². The van der Waals surface area contributed by atoms with Crippen LogP contribution < -0.4 is 10.6 Å². The molecule has 0 amide bonds. The predicted molar refractivity (Wildman–Crippen MR) is 66.7 cm³/mol. The average molecular weight is 274 g/mol. The first-order chi connectivity index (χ1) is 8.95. The van der Waals surface area contributed by atoms with Gasteiger partial charge < -0.3 is 15.7 Å². The number of nitrogens with two attached hydrogens (primary N) is 1. The Kier molecular flexibility index (Phi) is 4.01. The van der Waals surface area contributed by atoms with Crippen LogP contribution in [-0.2, 0) is 12.7 Å². The lowest BCUT2D eigenvalue weighted by Crippen LogP contribution is -2.24. The summed E-state index contributed by atoms with van der Waals surface area (Å²) < 4.78 is 39.2. The average Bonchev–Trinajstić information content (AvgIpc) is 2.85. The van der Waals surface area contributed by atoms with Crippen molar-refractivity contribution in [1.29, 1.82) is 0 Å². The van der Waals surface area contributed by atoms with Crippen LogP contribution in [0.15, 0.2) is 18.2 Å². The third-order valence-electron chi connectivity index (χ3n) is 3.49. The van der Waals surface area contributed by atoms with Gasteiger partial charge in [0, 0.05) is 37.8 Å². The Bertz CT molecular complexity index is 448. The van der Waals surface area contributed by atoms with Crippen molar-refractivity contribution in [3.8, 4) is 0 Å². The van der Waals surface area contributed by atoms with Crippen LogP contribution in [0.4, 0.5) is 18.9 Å². The van der Waals surface area contributed by atoms with Gasteiger partial charge >= 0.3 is 6.18 Å². The molecule has 1 unspecified atom stereocenters. The summed E-state index contributed by atoms with van der Waals surface area (Å²) in [7, 11) is 0. The molecular formula is C13H17F3N2O. The second-order valence-electron chi connectivity index (χ2n) is 4.84. The molecule has 0 aromatic heterocycles. The second-order valence-corrected chi connectivity index (χ2v) is 4.84. The number of halogens is 3. The van der Waals surface area contributed by atoms with Crippen molar-refractivity contribution in [2.75, 3.05) is 24.6 Å². The minimum absolute atomic E-state index is 0.0126. The van der Waals surface area contributed by atoms with Crippen LogP contribution in [0.2, 0.25) is 0 Å². The van der Waals surface area contributed by atoms with E-state index in [2.05, 4.69) is 0 Å². The zero-order valence-electron chi connectivity index (χ0n) is 10.5. The van der Waals surface area contributed by atoms with E-state index in [1.165, 1.54) is 6.07 Å². The highest BCUT2D eigenvalue weighted by atomic mass is 19.4. The zero-order chi connectivity index (χ0) is 14.0. The maximum absolute atomic E-state index is 13.1. The van der Waals surface area contributed by atoms with Crippen molar-refractivity contribution in [1.82, 2.24) is 0 Å². The maximum Gasteiger partial charge on any atom is 0.418 e. The van der Waals surface area contributed by atoms with E-state index in [1.807, 2.05) is 0 Å². The van der Waals surface area contributed by atoms with Gasteiger partial charge in [-0.3, -0.25) is 0 Å². The SMILES string of the molecule is NCc1ccc(N2CCC(CO)C2)c(C(F)(F)F)c1. The fourth-order valence-corrected chi connectivity index (χ4v) is 2.41. The molecule has 1 saturated heterocycles. The molecule has 0 saturated carbocycles. The first-order valence-corrected chi connectivity index (χ1v) is 6.21. The van der Waals surface area contributed by atoms with Crippen molar-refractivity contribution in [2.45, 2.75) is 19.1 Å². The third kappa shape index (κ3) is 3.01. The summed E-state index contributed by atoms with van der Waals surface area (Å²) in [6.45, 7) is 1.10. The first-order valence-electron chi connectivity index (χ1n) is 6.21. The van der Waals surface area contributed by atoms with E-state index in [0.29, 0.717) is 25.1 Å². The molecule has 1 aromatic carbocycles. The number of anilines is 1. The topological polar surface area (TPSA) is 49.5 Å². The lowest BCUT2D eigenvalue weighted by atomic mass is 10.1. The lowest BCUT2D eigenvalue weighted by Gasteiger charge is -2.23. The van der Waals surface area contributed by atoms with E-state index in [4.69, 9.17) is 10.8 Å². The molecule has 0 bridgehead atoms. The molecule has 0 aliphatic carbocycles. The van der Waals surface area contributed by atoms with Gasteiger partial charge in [0.2, 0.25) is 0 Å². The molecule has 3 nitrogen and oxygen atoms in total. The highest BCUT2D eigenvalue weighted by Crippen LogP contribution is 2.38. The number of hydrogen-bond acceptors (Lipinski definition) is 3. The smallest absolute Gasteiger partial charge is 0.396 e. The van der Waals surface area contributed by atoms with Gasteiger partial charge in [-0.05, 0) is 24.1 Å². The molecule has 1 aliphatic rings. The molecule has 19 heavy (non-hydrogen) atoms. The molecule has 1 fully saturated rings. The normalized spacial score (nSPS) is 20.1. The summed E-state index contributed by atoms with van der Waals surface area (Å²) in [5, 5.41) is 9.08. The maximum atomic E-state index is 13.1. The van der Waals surface area contributed by atoms with Gasteiger partial charge in [0.05, 0.1) is 5.56 Å². The summed E-state index contributed by atoms with van der Waals surface area (Å²) >= 11 is 0. The van der Waals surface area contributed by atoms with Crippen molar-refractivity contribution in [3.05, 3.63) is 29.3 Å². The fourth-order valence-electron chi connectivity index (χ4n) is 2.41. The van der Waals surface area contributed by atoms with Crippen LogP contribution in [0.1, 0.15) is 17.5 Å². The Morgan fingerprint density at radius 1 is 1.37 bits per heavy atom.